The number of amides is 2. The first-order chi connectivity index (χ1) is 13.0. The number of carbonyl (C=O) groups excluding carboxylic acids is 2. The number of hydrazine groups is 1. The van der Waals surface area contributed by atoms with Crippen LogP contribution in [0, 0.1) is 10.1 Å². The van der Waals surface area contributed by atoms with Gasteiger partial charge in [-0.15, -0.1) is 0 Å². The Morgan fingerprint density at radius 3 is 2.37 bits per heavy atom. The van der Waals surface area contributed by atoms with Crippen LogP contribution in [0.3, 0.4) is 0 Å². The standard InChI is InChI=1S/C17H13N5O5/c23-15(9-14-12-3-1-2-4-13(12)17(25)21-18-14)19-20-16(24)10-5-7-11(8-6-10)22(26)27/h1-8H,9H2,(H,19,23)(H,20,24)(H,21,25). The second-order valence-corrected chi connectivity index (χ2v) is 5.53. The molecule has 0 aliphatic heterocycles. The van der Waals surface area contributed by atoms with Gasteiger partial charge in [0, 0.05) is 23.1 Å². The van der Waals surface area contributed by atoms with Gasteiger partial charge in [0.2, 0.25) is 5.91 Å². The Balaban J connectivity index is 1.65. The first-order valence-corrected chi connectivity index (χ1v) is 7.75. The van der Waals surface area contributed by atoms with E-state index in [2.05, 4.69) is 21.0 Å². The minimum atomic E-state index is -0.627. The molecule has 0 fully saturated rings. The van der Waals surface area contributed by atoms with Gasteiger partial charge in [-0.25, -0.2) is 5.10 Å². The number of rotatable bonds is 4. The number of nitrogens with one attached hydrogen (secondary N) is 3. The first-order valence-electron chi connectivity index (χ1n) is 7.75. The largest absolute Gasteiger partial charge is 0.273 e. The van der Waals surface area contributed by atoms with Crippen LogP contribution in [0.5, 0.6) is 0 Å². The maximum absolute atomic E-state index is 12.1. The van der Waals surface area contributed by atoms with E-state index in [1.165, 1.54) is 24.3 Å². The van der Waals surface area contributed by atoms with Crippen molar-refractivity contribution in [2.75, 3.05) is 0 Å². The predicted molar refractivity (Wildman–Crippen MR) is 94.8 cm³/mol. The van der Waals surface area contributed by atoms with Crippen LogP contribution in [0.4, 0.5) is 5.69 Å². The lowest BCUT2D eigenvalue weighted by Gasteiger charge is -2.08. The van der Waals surface area contributed by atoms with Crippen molar-refractivity contribution in [3.8, 4) is 0 Å². The summed E-state index contributed by atoms with van der Waals surface area (Å²) in [4.78, 5) is 45.8. The lowest BCUT2D eigenvalue weighted by molar-refractivity contribution is -0.384. The summed E-state index contributed by atoms with van der Waals surface area (Å²) in [6.45, 7) is 0. The van der Waals surface area contributed by atoms with E-state index in [0.29, 0.717) is 16.5 Å². The molecule has 1 aromatic heterocycles. The summed E-state index contributed by atoms with van der Waals surface area (Å²) in [6, 6.07) is 11.6. The molecule has 10 heteroatoms. The first kappa shape index (κ1) is 17.7. The van der Waals surface area contributed by atoms with Crippen LogP contribution in [-0.4, -0.2) is 26.9 Å². The molecule has 2 aromatic carbocycles. The monoisotopic (exact) mass is 367 g/mol. The van der Waals surface area contributed by atoms with Crippen LogP contribution in [0.25, 0.3) is 10.8 Å². The molecule has 0 atom stereocenters. The normalized spacial score (nSPS) is 10.4. The summed E-state index contributed by atoms with van der Waals surface area (Å²) in [5.41, 5.74) is 4.45. The van der Waals surface area contributed by atoms with Crippen molar-refractivity contribution in [2.45, 2.75) is 6.42 Å². The van der Waals surface area contributed by atoms with Crippen LogP contribution in [0.15, 0.2) is 53.3 Å². The van der Waals surface area contributed by atoms with E-state index in [-0.39, 0.29) is 23.2 Å². The van der Waals surface area contributed by atoms with Crippen LogP contribution in [0.2, 0.25) is 0 Å². The molecule has 0 saturated carbocycles. The van der Waals surface area contributed by atoms with Crippen molar-refractivity contribution in [3.63, 3.8) is 0 Å². The number of benzene rings is 2. The van der Waals surface area contributed by atoms with Crippen molar-refractivity contribution < 1.29 is 14.5 Å². The minimum Gasteiger partial charge on any atom is -0.273 e. The lowest BCUT2D eigenvalue weighted by atomic mass is 10.1. The van der Waals surface area contributed by atoms with Crippen molar-refractivity contribution in [1.82, 2.24) is 21.0 Å². The van der Waals surface area contributed by atoms with Crippen LogP contribution in [0.1, 0.15) is 16.1 Å². The van der Waals surface area contributed by atoms with E-state index in [1.807, 2.05) is 0 Å². The molecule has 0 unspecified atom stereocenters. The van der Waals surface area contributed by atoms with E-state index < -0.39 is 16.7 Å². The quantitative estimate of drug-likeness (QED) is 0.460. The lowest BCUT2D eigenvalue weighted by Crippen LogP contribution is -2.42. The molecule has 1 heterocycles. The van der Waals surface area contributed by atoms with Gasteiger partial charge in [-0.3, -0.25) is 35.3 Å². The highest BCUT2D eigenvalue weighted by molar-refractivity contribution is 5.96. The average molecular weight is 367 g/mol. The third-order valence-corrected chi connectivity index (χ3v) is 3.76. The van der Waals surface area contributed by atoms with E-state index in [0.717, 1.165) is 0 Å². The van der Waals surface area contributed by atoms with Gasteiger partial charge in [0.1, 0.15) is 0 Å². The van der Waals surface area contributed by atoms with Crippen molar-refractivity contribution in [3.05, 3.63) is 80.3 Å². The van der Waals surface area contributed by atoms with Gasteiger partial charge in [0.25, 0.3) is 17.2 Å². The second kappa shape index (κ2) is 7.44. The van der Waals surface area contributed by atoms with Gasteiger partial charge in [-0.2, -0.15) is 5.10 Å². The zero-order chi connectivity index (χ0) is 19.4. The fraction of sp³-hybridized carbons (Fsp3) is 0.0588. The van der Waals surface area contributed by atoms with Crippen molar-refractivity contribution >= 4 is 28.3 Å². The fourth-order valence-corrected chi connectivity index (χ4v) is 2.44. The van der Waals surface area contributed by atoms with Crippen molar-refractivity contribution in [2.24, 2.45) is 0 Å². The SMILES string of the molecule is O=C(Cc1n[nH]c(=O)c2ccccc12)NNC(=O)c1ccc([N+](=O)[O-])cc1. The summed E-state index contributed by atoms with van der Waals surface area (Å²) in [6.07, 6.45) is -0.169. The maximum atomic E-state index is 12.1. The highest BCUT2D eigenvalue weighted by Gasteiger charge is 2.13. The molecule has 0 spiro atoms. The van der Waals surface area contributed by atoms with Gasteiger partial charge >= 0.3 is 0 Å². The number of nitrogens with zero attached hydrogens (tertiary/aromatic N) is 2. The van der Waals surface area contributed by atoms with Gasteiger partial charge in [-0.05, 0) is 18.2 Å². The molecule has 0 radical (unpaired) electrons. The number of hydrogen-bond donors (Lipinski definition) is 3. The Morgan fingerprint density at radius 2 is 1.70 bits per heavy atom. The zero-order valence-corrected chi connectivity index (χ0v) is 13.8. The molecular formula is C17H13N5O5. The molecule has 0 saturated heterocycles. The number of aromatic nitrogens is 2. The van der Waals surface area contributed by atoms with Crippen LogP contribution in [-0.2, 0) is 11.2 Å². The highest BCUT2D eigenvalue weighted by Crippen LogP contribution is 2.13. The summed E-state index contributed by atoms with van der Waals surface area (Å²) in [5.74, 6) is -1.17. The molecule has 2 amide bonds. The van der Waals surface area contributed by atoms with E-state index in [4.69, 9.17) is 0 Å². The minimum absolute atomic E-state index is 0.147. The Morgan fingerprint density at radius 1 is 1.04 bits per heavy atom. The zero-order valence-electron chi connectivity index (χ0n) is 13.8. The molecular weight excluding hydrogens is 354 g/mol. The van der Waals surface area contributed by atoms with Crippen LogP contribution >= 0.6 is 0 Å². The summed E-state index contributed by atoms with van der Waals surface area (Å²) >= 11 is 0. The molecule has 27 heavy (non-hydrogen) atoms. The fourth-order valence-electron chi connectivity index (χ4n) is 2.44. The molecule has 0 aliphatic carbocycles. The molecule has 136 valence electrons. The van der Waals surface area contributed by atoms with E-state index in [1.54, 1.807) is 24.3 Å². The second-order valence-electron chi connectivity index (χ2n) is 5.53. The van der Waals surface area contributed by atoms with Gasteiger partial charge < -0.3 is 0 Å². The number of nitro benzene ring substituents is 1. The number of fused-ring (bicyclic) bond motifs is 1. The molecule has 3 rings (SSSR count). The van der Waals surface area contributed by atoms with Gasteiger partial charge in [0.15, 0.2) is 0 Å². The van der Waals surface area contributed by atoms with Gasteiger partial charge in [0.05, 0.1) is 22.4 Å². The Bertz CT molecular complexity index is 1090. The smallest absolute Gasteiger partial charge is 0.272 e. The molecule has 3 aromatic rings. The number of nitro groups is 1. The number of non-ortho nitro benzene ring substituents is 1. The summed E-state index contributed by atoms with van der Waals surface area (Å²) in [7, 11) is 0. The topological polar surface area (TPSA) is 147 Å². The highest BCUT2D eigenvalue weighted by atomic mass is 16.6. The Labute approximate surface area is 151 Å². The third-order valence-electron chi connectivity index (χ3n) is 3.76. The molecule has 0 aliphatic rings. The van der Waals surface area contributed by atoms with Crippen molar-refractivity contribution in [1.29, 1.82) is 0 Å². The van der Waals surface area contributed by atoms with E-state index in [9.17, 15) is 24.5 Å². The third kappa shape index (κ3) is 3.95. The average Bonchev–Trinajstić information content (AvgIpc) is 2.68. The summed E-state index contributed by atoms with van der Waals surface area (Å²) in [5, 5.41) is 17.8. The van der Waals surface area contributed by atoms with E-state index >= 15 is 0 Å². The Hall–Kier alpha value is -4.08. The Kier molecular flexibility index (Phi) is 4.88. The van der Waals surface area contributed by atoms with Crippen LogP contribution < -0.4 is 16.4 Å². The van der Waals surface area contributed by atoms with Gasteiger partial charge in [-0.1, -0.05) is 18.2 Å². The molecule has 10 nitrogen and oxygen atoms in total. The molecule has 3 N–H and O–H groups in total. The number of carbonyl (C=O) groups is 2. The maximum Gasteiger partial charge on any atom is 0.272 e. The number of H-pyrrole nitrogens is 1. The summed E-state index contributed by atoms with van der Waals surface area (Å²) < 4.78 is 0. The number of aromatic amines is 1. The predicted octanol–water partition coefficient (Wildman–Crippen LogP) is 0.835. The number of hydrogen-bond acceptors (Lipinski definition) is 6. The molecule has 0 bridgehead atoms.